The van der Waals surface area contributed by atoms with Crippen LogP contribution in [0.15, 0.2) is 12.1 Å². The third kappa shape index (κ3) is 3.13. The van der Waals surface area contributed by atoms with Gasteiger partial charge in [-0.3, -0.25) is 0 Å². The van der Waals surface area contributed by atoms with Gasteiger partial charge in [0.05, 0.1) is 5.02 Å². The number of hydrogen-bond donors (Lipinski definition) is 1. The average Bonchev–Trinajstić information content (AvgIpc) is 3.11. The Hall–Kier alpha value is 0.0400. The Bertz CT molecular complexity index is 449. The fourth-order valence-corrected chi connectivity index (χ4v) is 3.20. The predicted molar refractivity (Wildman–Crippen MR) is 78.3 cm³/mol. The highest BCUT2D eigenvalue weighted by atomic mass is 35.5. The van der Waals surface area contributed by atoms with Crippen LogP contribution in [0.25, 0.3) is 0 Å². The van der Waals surface area contributed by atoms with Crippen molar-refractivity contribution in [2.45, 2.75) is 30.6 Å². The molecule has 2 rings (SSSR count). The summed E-state index contributed by atoms with van der Waals surface area (Å²) in [5.41, 5.74) is 0.760. The second-order valence-electron chi connectivity index (χ2n) is 4.78. The highest BCUT2D eigenvalue weighted by Gasteiger charge is 2.41. The normalized spacial score (nSPS) is 18.7. The number of thioether (sulfide) groups is 1. The molecule has 0 heterocycles. The quantitative estimate of drug-likeness (QED) is 0.793. The Labute approximate surface area is 121 Å². The lowest BCUT2D eigenvalue weighted by molar-refractivity contribution is 0.556. The molecular formula is C13H16Cl2FNS. The number of halogens is 3. The molecule has 18 heavy (non-hydrogen) atoms. The van der Waals surface area contributed by atoms with Gasteiger partial charge in [0.2, 0.25) is 0 Å². The Kier molecular flexibility index (Phi) is 4.48. The molecule has 0 amide bonds. The summed E-state index contributed by atoms with van der Waals surface area (Å²) >= 11 is 13.7. The Morgan fingerprint density at radius 1 is 1.39 bits per heavy atom. The highest BCUT2D eigenvalue weighted by molar-refractivity contribution is 8.00. The van der Waals surface area contributed by atoms with E-state index in [4.69, 9.17) is 23.2 Å². The van der Waals surface area contributed by atoms with Gasteiger partial charge in [-0.1, -0.05) is 23.2 Å². The molecule has 1 aromatic rings. The van der Waals surface area contributed by atoms with E-state index < -0.39 is 5.82 Å². The molecule has 0 aliphatic heterocycles. The molecule has 5 heteroatoms. The minimum Gasteiger partial charge on any atom is -0.309 e. The van der Waals surface area contributed by atoms with Gasteiger partial charge < -0.3 is 5.32 Å². The molecule has 1 saturated carbocycles. The Morgan fingerprint density at radius 2 is 2.06 bits per heavy atom. The first-order chi connectivity index (χ1) is 8.47. The predicted octanol–water partition coefficient (Wildman–Crippen LogP) is 4.68. The Balaban J connectivity index is 2.04. The van der Waals surface area contributed by atoms with Gasteiger partial charge in [0, 0.05) is 22.4 Å². The van der Waals surface area contributed by atoms with E-state index >= 15 is 0 Å². The first kappa shape index (κ1) is 14.4. The van der Waals surface area contributed by atoms with Gasteiger partial charge in [0.15, 0.2) is 0 Å². The fourth-order valence-electron chi connectivity index (χ4n) is 1.91. The van der Waals surface area contributed by atoms with Crippen molar-refractivity contribution < 1.29 is 4.39 Å². The summed E-state index contributed by atoms with van der Waals surface area (Å²) in [6.45, 7) is 2.92. The Morgan fingerprint density at radius 3 is 2.61 bits per heavy atom. The van der Waals surface area contributed by atoms with Gasteiger partial charge in [0.1, 0.15) is 5.82 Å². The number of nitrogens with one attached hydrogen (secondary N) is 1. The summed E-state index contributed by atoms with van der Waals surface area (Å²) in [6.07, 6.45) is 4.63. The van der Waals surface area contributed by atoms with Crippen molar-refractivity contribution in [3.63, 3.8) is 0 Å². The second-order valence-corrected chi connectivity index (χ2v) is 6.87. The number of benzene rings is 1. The van der Waals surface area contributed by atoms with Gasteiger partial charge in [-0.2, -0.15) is 11.8 Å². The summed E-state index contributed by atoms with van der Waals surface area (Å²) in [5, 5.41) is 4.00. The molecule has 1 nitrogen and oxygen atoms in total. The van der Waals surface area contributed by atoms with Crippen LogP contribution in [-0.4, -0.2) is 17.5 Å². The zero-order chi connectivity index (χ0) is 13.3. The zero-order valence-electron chi connectivity index (χ0n) is 10.4. The van der Waals surface area contributed by atoms with Crippen LogP contribution in [0.1, 0.15) is 31.4 Å². The molecule has 100 valence electrons. The van der Waals surface area contributed by atoms with Crippen LogP contribution in [0.5, 0.6) is 0 Å². The lowest BCUT2D eigenvalue weighted by Crippen LogP contribution is -2.28. The lowest BCUT2D eigenvalue weighted by Gasteiger charge is -2.20. The first-order valence-corrected chi connectivity index (χ1v) is 7.88. The SMILES string of the molecule is CSC1(CNC(C)c2cc(F)c(Cl)cc2Cl)CC1. The van der Waals surface area contributed by atoms with Gasteiger partial charge in [0.25, 0.3) is 0 Å². The molecule has 1 N–H and O–H groups in total. The summed E-state index contributed by atoms with van der Waals surface area (Å²) in [4.78, 5) is 0. The van der Waals surface area contributed by atoms with Crippen LogP contribution >= 0.6 is 35.0 Å². The molecule has 0 bridgehead atoms. The summed E-state index contributed by atoms with van der Waals surface area (Å²) < 4.78 is 13.8. The molecule has 0 spiro atoms. The van der Waals surface area contributed by atoms with E-state index in [9.17, 15) is 4.39 Å². The van der Waals surface area contributed by atoms with E-state index in [0.717, 1.165) is 12.1 Å². The van der Waals surface area contributed by atoms with Crippen LogP contribution in [-0.2, 0) is 0 Å². The average molecular weight is 308 g/mol. The van der Waals surface area contributed by atoms with Crippen molar-refractivity contribution in [1.82, 2.24) is 5.32 Å². The molecule has 1 aliphatic rings. The van der Waals surface area contributed by atoms with Crippen LogP contribution in [0.3, 0.4) is 0 Å². The van der Waals surface area contributed by atoms with Gasteiger partial charge in [-0.05, 0) is 43.7 Å². The molecule has 1 fully saturated rings. The second kappa shape index (κ2) is 5.58. The lowest BCUT2D eigenvalue weighted by atomic mass is 10.1. The van der Waals surface area contributed by atoms with E-state index in [2.05, 4.69) is 11.6 Å². The maximum atomic E-state index is 13.4. The molecule has 1 atom stereocenters. The molecule has 0 saturated heterocycles. The maximum absolute atomic E-state index is 13.4. The van der Waals surface area contributed by atoms with Crippen molar-refractivity contribution >= 4 is 35.0 Å². The molecule has 0 radical (unpaired) electrons. The first-order valence-electron chi connectivity index (χ1n) is 5.90. The maximum Gasteiger partial charge on any atom is 0.142 e. The van der Waals surface area contributed by atoms with E-state index in [-0.39, 0.29) is 11.1 Å². The molecule has 1 aliphatic carbocycles. The molecule has 1 aromatic carbocycles. The van der Waals surface area contributed by atoms with E-state index in [1.807, 2.05) is 18.7 Å². The van der Waals surface area contributed by atoms with Crippen molar-refractivity contribution in [2.75, 3.05) is 12.8 Å². The van der Waals surface area contributed by atoms with Crippen molar-refractivity contribution in [1.29, 1.82) is 0 Å². The van der Waals surface area contributed by atoms with Crippen LogP contribution in [0.4, 0.5) is 4.39 Å². The molecular weight excluding hydrogens is 292 g/mol. The van der Waals surface area contributed by atoms with Crippen molar-refractivity contribution in [3.05, 3.63) is 33.6 Å². The molecule has 0 aromatic heterocycles. The summed E-state index contributed by atoms with van der Waals surface area (Å²) in [6, 6.07) is 2.91. The summed E-state index contributed by atoms with van der Waals surface area (Å²) in [7, 11) is 0. The van der Waals surface area contributed by atoms with Crippen LogP contribution < -0.4 is 5.32 Å². The largest absolute Gasteiger partial charge is 0.309 e. The summed E-state index contributed by atoms with van der Waals surface area (Å²) in [5.74, 6) is -0.421. The zero-order valence-corrected chi connectivity index (χ0v) is 12.7. The van der Waals surface area contributed by atoms with Crippen LogP contribution in [0.2, 0.25) is 10.0 Å². The standard InChI is InChI=1S/C13H16Cl2FNS/c1-8(17-7-13(18-2)3-4-13)9-5-12(16)11(15)6-10(9)14/h5-6,8,17H,3-4,7H2,1-2H3. The monoisotopic (exact) mass is 307 g/mol. The van der Waals surface area contributed by atoms with E-state index in [1.54, 1.807) is 0 Å². The fraction of sp³-hybridized carbons (Fsp3) is 0.538. The minimum atomic E-state index is -0.421. The van der Waals surface area contributed by atoms with E-state index in [0.29, 0.717) is 9.77 Å². The highest BCUT2D eigenvalue weighted by Crippen LogP contribution is 2.46. The third-order valence-electron chi connectivity index (χ3n) is 3.48. The van der Waals surface area contributed by atoms with E-state index in [1.165, 1.54) is 25.0 Å². The van der Waals surface area contributed by atoms with Crippen molar-refractivity contribution in [3.8, 4) is 0 Å². The van der Waals surface area contributed by atoms with Crippen LogP contribution in [0, 0.1) is 5.82 Å². The molecule has 1 unspecified atom stereocenters. The van der Waals surface area contributed by atoms with Gasteiger partial charge in [-0.25, -0.2) is 4.39 Å². The van der Waals surface area contributed by atoms with Gasteiger partial charge in [-0.15, -0.1) is 0 Å². The smallest absolute Gasteiger partial charge is 0.142 e. The third-order valence-corrected chi connectivity index (χ3v) is 5.51. The topological polar surface area (TPSA) is 12.0 Å². The minimum absolute atomic E-state index is 0.0221. The number of hydrogen-bond acceptors (Lipinski definition) is 2. The number of rotatable bonds is 5. The van der Waals surface area contributed by atoms with Gasteiger partial charge >= 0.3 is 0 Å². The van der Waals surface area contributed by atoms with Crippen molar-refractivity contribution in [2.24, 2.45) is 0 Å².